The van der Waals surface area contributed by atoms with Crippen LogP contribution in [0, 0.1) is 0 Å². The van der Waals surface area contributed by atoms with Gasteiger partial charge in [-0.15, -0.1) is 0 Å². The van der Waals surface area contributed by atoms with Crippen LogP contribution in [-0.4, -0.2) is 9.97 Å². The summed E-state index contributed by atoms with van der Waals surface area (Å²) in [7, 11) is 0. The molecule has 0 aromatic carbocycles. The quantitative estimate of drug-likeness (QED) is 0.718. The normalized spacial score (nSPS) is 8.92. The van der Waals surface area contributed by atoms with E-state index in [1.165, 1.54) is 0 Å². The molecule has 0 aliphatic heterocycles. The van der Waals surface area contributed by atoms with Crippen LogP contribution in [0.4, 0.5) is 0 Å². The van der Waals surface area contributed by atoms with Gasteiger partial charge in [0.15, 0.2) is 0 Å². The van der Waals surface area contributed by atoms with Gasteiger partial charge in [-0.05, 0) is 12.5 Å². The highest BCUT2D eigenvalue weighted by Crippen LogP contribution is 2.09. The molecule has 74 valence electrons. The van der Waals surface area contributed by atoms with Gasteiger partial charge in [-0.25, -0.2) is 4.98 Å². The summed E-state index contributed by atoms with van der Waals surface area (Å²) in [6.45, 7) is 9.77. The fourth-order valence-electron chi connectivity index (χ4n) is 0.992. The average Bonchev–Trinajstić information content (AvgIpc) is 2.63. The highest BCUT2D eigenvalue weighted by molar-refractivity contribution is 7.79. The first-order valence-corrected chi connectivity index (χ1v) is 5.26. The predicted molar refractivity (Wildman–Crippen MR) is 62.1 cm³/mol. The minimum absolute atomic E-state index is 0.654. The Morgan fingerprint density at radius 2 is 2.15 bits per heavy atom. The summed E-state index contributed by atoms with van der Waals surface area (Å²) < 4.78 is 0. The van der Waals surface area contributed by atoms with E-state index in [1.54, 1.807) is 6.08 Å². The summed E-state index contributed by atoms with van der Waals surface area (Å²) in [5, 5.41) is 0. The first-order valence-electron chi connectivity index (χ1n) is 4.62. The van der Waals surface area contributed by atoms with E-state index in [2.05, 4.69) is 36.1 Å². The molecule has 0 saturated heterocycles. The number of aryl methyl sites for hydroxylation is 1. The molecule has 0 fully saturated rings. The number of thiol groups is 1. The number of hydrogen-bond acceptors (Lipinski definition) is 2. The number of nitrogens with zero attached hydrogens (tertiary/aromatic N) is 1. The van der Waals surface area contributed by atoms with Gasteiger partial charge in [0, 0.05) is 11.4 Å². The number of aromatic nitrogens is 2. The van der Waals surface area contributed by atoms with Crippen molar-refractivity contribution in [3.63, 3.8) is 0 Å². The Balaban J connectivity index is 0.000000671. The fraction of sp³-hybridized carbons (Fsp3) is 0.500. The number of rotatable bonds is 3. The van der Waals surface area contributed by atoms with E-state index in [4.69, 9.17) is 0 Å². The molecular weight excluding hydrogens is 180 g/mol. The van der Waals surface area contributed by atoms with Crippen LogP contribution < -0.4 is 0 Å². The largest absolute Gasteiger partial charge is 0.345 e. The van der Waals surface area contributed by atoms with Gasteiger partial charge < -0.3 is 4.98 Å². The first kappa shape index (κ1) is 12.3. The highest BCUT2D eigenvalue weighted by Gasteiger charge is 2.02. The minimum atomic E-state index is 0.654. The van der Waals surface area contributed by atoms with Crippen LogP contribution in [0.1, 0.15) is 38.0 Å². The van der Waals surface area contributed by atoms with Gasteiger partial charge in [-0.1, -0.05) is 27.4 Å². The van der Waals surface area contributed by atoms with Crippen LogP contribution in [0.25, 0.3) is 6.08 Å². The van der Waals surface area contributed by atoms with Gasteiger partial charge >= 0.3 is 0 Å². The minimum Gasteiger partial charge on any atom is -0.345 e. The molecule has 0 atom stereocenters. The summed E-state index contributed by atoms with van der Waals surface area (Å²) >= 11 is 4.12. The molecule has 0 aliphatic carbocycles. The van der Waals surface area contributed by atoms with Crippen LogP contribution in [0.2, 0.25) is 0 Å². The Hall–Kier alpha value is -0.700. The maximum absolute atomic E-state index is 4.27. The number of aromatic amines is 1. The van der Waals surface area contributed by atoms with Gasteiger partial charge in [0.25, 0.3) is 0 Å². The second-order valence-corrected chi connectivity index (χ2v) is 2.58. The zero-order chi connectivity index (χ0) is 10.3. The molecule has 2 nitrogen and oxygen atoms in total. The molecule has 1 rings (SSSR count). The van der Waals surface area contributed by atoms with Crippen LogP contribution in [0.3, 0.4) is 0 Å². The molecule has 0 spiro atoms. The lowest BCUT2D eigenvalue weighted by molar-refractivity contribution is 1.03. The smallest absolute Gasteiger partial charge is 0.116 e. The molecule has 0 radical (unpaired) electrons. The molecule has 1 aromatic rings. The van der Waals surface area contributed by atoms with Crippen molar-refractivity contribution in [2.24, 2.45) is 0 Å². The Morgan fingerprint density at radius 3 is 2.46 bits per heavy atom. The van der Waals surface area contributed by atoms with E-state index in [0.29, 0.717) is 5.75 Å². The van der Waals surface area contributed by atoms with E-state index in [0.717, 1.165) is 23.6 Å². The topological polar surface area (TPSA) is 28.7 Å². The number of nitrogens with one attached hydrogen (secondary N) is 1. The Bertz CT molecular complexity index is 253. The van der Waals surface area contributed by atoms with Gasteiger partial charge in [0.05, 0.1) is 5.69 Å². The number of imidazole rings is 1. The SMILES string of the molecule is C=Cc1nc(CS)[nH]c1CC.CC. The molecule has 0 amide bonds. The van der Waals surface area contributed by atoms with Crippen LogP contribution in [0.5, 0.6) is 0 Å². The number of H-pyrrole nitrogens is 1. The molecule has 13 heavy (non-hydrogen) atoms. The maximum atomic E-state index is 4.27. The van der Waals surface area contributed by atoms with Gasteiger partial charge in [-0.2, -0.15) is 12.6 Å². The van der Waals surface area contributed by atoms with Crippen molar-refractivity contribution in [1.29, 1.82) is 0 Å². The Morgan fingerprint density at radius 1 is 1.54 bits per heavy atom. The van der Waals surface area contributed by atoms with Crippen molar-refractivity contribution in [2.45, 2.75) is 32.9 Å². The van der Waals surface area contributed by atoms with E-state index in [-0.39, 0.29) is 0 Å². The zero-order valence-electron chi connectivity index (χ0n) is 8.59. The molecule has 0 unspecified atom stereocenters. The molecule has 0 bridgehead atoms. The summed E-state index contributed by atoms with van der Waals surface area (Å²) in [6.07, 6.45) is 2.73. The third-order valence-corrected chi connectivity index (χ3v) is 1.86. The average molecular weight is 198 g/mol. The Labute approximate surface area is 85.9 Å². The van der Waals surface area contributed by atoms with E-state index < -0.39 is 0 Å². The molecule has 1 N–H and O–H groups in total. The van der Waals surface area contributed by atoms with Crippen LogP contribution in [0.15, 0.2) is 6.58 Å². The van der Waals surface area contributed by atoms with Gasteiger partial charge in [0.1, 0.15) is 5.82 Å². The molecular formula is C10H18N2S. The summed E-state index contributed by atoms with van der Waals surface area (Å²) in [4.78, 5) is 7.44. The Kier molecular flexibility index (Phi) is 6.41. The van der Waals surface area contributed by atoms with Crippen molar-refractivity contribution < 1.29 is 0 Å². The molecule has 0 saturated carbocycles. The molecule has 1 aromatic heterocycles. The second-order valence-electron chi connectivity index (χ2n) is 2.26. The zero-order valence-corrected chi connectivity index (χ0v) is 9.49. The second kappa shape index (κ2) is 6.78. The summed E-state index contributed by atoms with van der Waals surface area (Å²) in [5.41, 5.74) is 2.10. The monoisotopic (exact) mass is 198 g/mol. The third-order valence-electron chi connectivity index (χ3n) is 1.56. The number of hydrogen-bond donors (Lipinski definition) is 2. The van der Waals surface area contributed by atoms with Crippen molar-refractivity contribution in [1.82, 2.24) is 9.97 Å². The van der Waals surface area contributed by atoms with E-state index in [9.17, 15) is 0 Å². The summed E-state index contributed by atoms with van der Waals surface area (Å²) in [6, 6.07) is 0. The third kappa shape index (κ3) is 3.27. The van der Waals surface area contributed by atoms with Crippen LogP contribution in [-0.2, 0) is 12.2 Å². The predicted octanol–water partition coefficient (Wildman–Crippen LogP) is 3.07. The maximum Gasteiger partial charge on any atom is 0.116 e. The van der Waals surface area contributed by atoms with Crippen molar-refractivity contribution in [3.05, 3.63) is 23.8 Å². The summed E-state index contributed by atoms with van der Waals surface area (Å²) in [5.74, 6) is 1.57. The van der Waals surface area contributed by atoms with Crippen molar-refractivity contribution >= 4 is 18.7 Å². The lowest BCUT2D eigenvalue weighted by Gasteiger charge is -1.89. The standard InChI is InChI=1S/C8H12N2S.C2H6/c1-3-6-7(4-2)10-8(5-11)9-6;1-2/h3,11H,1,4-5H2,2H3,(H,9,10);1-2H3. The molecule has 3 heteroatoms. The van der Waals surface area contributed by atoms with Gasteiger partial charge in [0.2, 0.25) is 0 Å². The lowest BCUT2D eigenvalue weighted by Crippen LogP contribution is -1.82. The highest BCUT2D eigenvalue weighted by atomic mass is 32.1. The van der Waals surface area contributed by atoms with Crippen LogP contribution >= 0.6 is 12.6 Å². The molecule has 1 heterocycles. The van der Waals surface area contributed by atoms with E-state index >= 15 is 0 Å². The van der Waals surface area contributed by atoms with E-state index in [1.807, 2.05) is 13.8 Å². The lowest BCUT2D eigenvalue weighted by atomic mass is 10.3. The van der Waals surface area contributed by atoms with Crippen molar-refractivity contribution in [2.75, 3.05) is 0 Å². The van der Waals surface area contributed by atoms with Crippen molar-refractivity contribution in [3.8, 4) is 0 Å². The van der Waals surface area contributed by atoms with Gasteiger partial charge in [-0.3, -0.25) is 0 Å². The fourth-order valence-corrected chi connectivity index (χ4v) is 1.14. The molecule has 0 aliphatic rings. The first-order chi connectivity index (χ1) is 6.31.